The van der Waals surface area contributed by atoms with Gasteiger partial charge in [0, 0.05) is 57.4 Å². The minimum Gasteiger partial charge on any atom is -0.508 e. The second-order valence-corrected chi connectivity index (χ2v) is 11.7. The number of rotatable bonds is 8. The lowest BCUT2D eigenvalue weighted by Gasteiger charge is -2.41. The number of benzene rings is 2. The van der Waals surface area contributed by atoms with Crippen LogP contribution in [0.25, 0.3) is 21.8 Å². The van der Waals surface area contributed by atoms with E-state index in [1.807, 2.05) is 54.0 Å². The van der Waals surface area contributed by atoms with E-state index in [1.165, 1.54) is 6.08 Å². The number of piperazine rings is 1. The van der Waals surface area contributed by atoms with E-state index in [0.717, 1.165) is 27.4 Å². The summed E-state index contributed by atoms with van der Waals surface area (Å²) >= 11 is 0. The normalized spacial score (nSPS) is 20.7. The number of likely N-dealkylation sites (N-methyl/N-ethyl adjacent to an activating group) is 1. The van der Waals surface area contributed by atoms with Crippen molar-refractivity contribution in [2.45, 2.75) is 37.5 Å². The summed E-state index contributed by atoms with van der Waals surface area (Å²) in [5.74, 6) is 0.644. The molecule has 228 valence electrons. The number of likely N-dealkylation sites (tertiary alicyclic amines) is 1. The van der Waals surface area contributed by atoms with Crippen LogP contribution in [0.1, 0.15) is 24.0 Å². The van der Waals surface area contributed by atoms with Gasteiger partial charge < -0.3 is 24.2 Å². The van der Waals surface area contributed by atoms with Crippen LogP contribution in [0.5, 0.6) is 11.8 Å². The Morgan fingerprint density at radius 1 is 1.18 bits per heavy atom. The molecule has 2 fully saturated rings. The van der Waals surface area contributed by atoms with E-state index in [0.29, 0.717) is 50.4 Å². The second kappa shape index (κ2) is 12.1. The van der Waals surface area contributed by atoms with E-state index in [2.05, 4.69) is 17.5 Å². The van der Waals surface area contributed by atoms with Crippen LogP contribution in [0.4, 0.5) is 10.2 Å². The molecule has 2 aromatic heterocycles. The zero-order valence-electron chi connectivity index (χ0n) is 25.0. The Labute approximate surface area is 255 Å². The van der Waals surface area contributed by atoms with E-state index in [9.17, 15) is 19.6 Å². The molecule has 0 spiro atoms. The molecular weight excluding hydrogens is 561 g/mol. The van der Waals surface area contributed by atoms with Crippen LogP contribution in [0.3, 0.4) is 0 Å². The number of fused-ring (bicyclic) bond motifs is 2. The lowest BCUT2D eigenvalue weighted by atomic mass is 9.99. The Morgan fingerprint density at radius 2 is 2.00 bits per heavy atom. The average Bonchev–Trinajstić information content (AvgIpc) is 3.51. The summed E-state index contributed by atoms with van der Waals surface area (Å²) in [6, 6.07) is 13.5. The van der Waals surface area contributed by atoms with Crippen molar-refractivity contribution in [3.8, 4) is 17.8 Å². The third-order valence-electron chi connectivity index (χ3n) is 8.77. The first-order valence-electron chi connectivity index (χ1n) is 14.8. The standard InChI is InChI=1S/C33H36FN7O3/c1-4-29(43)41-12-11-40(19-25(41)9-10-35)32-31-30(36-33(37-32)44-20-26-16-24(34)18-38(26)2)23(17-39(31)3)13-22-15-27(42)14-21-7-5-6-8-28(21)22/h4-8,14-15,17,24-26,42H,1,9,11-13,16,18-20H2,2-3H3/t24-,25+,26+/m1/s1. The van der Waals surface area contributed by atoms with Gasteiger partial charge in [0.05, 0.1) is 18.5 Å². The van der Waals surface area contributed by atoms with Crippen molar-refractivity contribution < 1.29 is 19.0 Å². The molecule has 0 saturated carbocycles. The average molecular weight is 598 g/mol. The molecule has 6 rings (SSSR count). The number of halogens is 1. The summed E-state index contributed by atoms with van der Waals surface area (Å²) in [5, 5.41) is 22.0. The third kappa shape index (κ3) is 5.65. The van der Waals surface area contributed by atoms with E-state index in [4.69, 9.17) is 14.7 Å². The number of ether oxygens (including phenoxy) is 1. The first kappa shape index (κ1) is 29.4. The van der Waals surface area contributed by atoms with Gasteiger partial charge in [0.25, 0.3) is 0 Å². The van der Waals surface area contributed by atoms with Crippen molar-refractivity contribution in [3.05, 3.63) is 66.4 Å². The van der Waals surface area contributed by atoms with Gasteiger partial charge in [0.1, 0.15) is 29.6 Å². The van der Waals surface area contributed by atoms with Gasteiger partial charge in [-0.1, -0.05) is 30.8 Å². The smallest absolute Gasteiger partial charge is 0.319 e. The van der Waals surface area contributed by atoms with Crippen LogP contribution in [-0.4, -0.2) is 93.4 Å². The summed E-state index contributed by atoms with van der Waals surface area (Å²) in [6.07, 6.45) is 3.49. The van der Waals surface area contributed by atoms with Crippen molar-refractivity contribution in [1.29, 1.82) is 5.26 Å². The highest BCUT2D eigenvalue weighted by atomic mass is 19.1. The van der Waals surface area contributed by atoms with Gasteiger partial charge in [-0.05, 0) is 48.0 Å². The third-order valence-corrected chi connectivity index (χ3v) is 8.77. The van der Waals surface area contributed by atoms with Crippen LogP contribution in [0.2, 0.25) is 0 Å². The van der Waals surface area contributed by atoms with Gasteiger partial charge in [0.2, 0.25) is 5.91 Å². The first-order chi connectivity index (χ1) is 21.2. The molecule has 0 radical (unpaired) electrons. The van der Waals surface area contributed by atoms with Crippen LogP contribution < -0.4 is 9.64 Å². The fourth-order valence-corrected chi connectivity index (χ4v) is 6.58. The number of nitrogens with zero attached hydrogens (tertiary/aromatic N) is 7. The number of hydrogen-bond donors (Lipinski definition) is 1. The van der Waals surface area contributed by atoms with Gasteiger partial charge in [-0.15, -0.1) is 0 Å². The van der Waals surface area contributed by atoms with Gasteiger partial charge in [0.15, 0.2) is 5.82 Å². The number of aryl methyl sites for hydroxylation is 1. The Bertz CT molecular complexity index is 1770. The Balaban J connectivity index is 1.41. The molecule has 4 aromatic rings. The number of hydrogen-bond acceptors (Lipinski definition) is 8. The van der Waals surface area contributed by atoms with Crippen LogP contribution in [0.15, 0.2) is 55.3 Å². The van der Waals surface area contributed by atoms with E-state index in [-0.39, 0.29) is 42.8 Å². The number of alkyl halides is 1. The Hall–Kier alpha value is -4.69. The second-order valence-electron chi connectivity index (χ2n) is 11.7. The lowest BCUT2D eigenvalue weighted by Crippen LogP contribution is -2.55. The number of carbonyl (C=O) groups excluding carboxylic acids is 1. The Morgan fingerprint density at radius 3 is 2.75 bits per heavy atom. The molecule has 0 aliphatic carbocycles. The molecule has 3 atom stereocenters. The van der Waals surface area contributed by atoms with Gasteiger partial charge in [-0.2, -0.15) is 15.2 Å². The molecule has 1 N–H and O–H groups in total. The zero-order chi connectivity index (χ0) is 31.0. The van der Waals surface area contributed by atoms with E-state index in [1.54, 1.807) is 17.0 Å². The number of nitriles is 1. The number of carbonyl (C=O) groups is 1. The maximum Gasteiger partial charge on any atom is 0.319 e. The predicted octanol–water partition coefficient (Wildman–Crippen LogP) is 3.96. The molecule has 2 aliphatic rings. The number of phenolic OH excluding ortho intramolecular Hbond substituents is 1. The van der Waals surface area contributed by atoms with E-state index >= 15 is 0 Å². The van der Waals surface area contributed by atoms with Gasteiger partial charge >= 0.3 is 6.01 Å². The monoisotopic (exact) mass is 597 g/mol. The van der Waals surface area contributed by atoms with Gasteiger partial charge in [-0.25, -0.2) is 4.39 Å². The summed E-state index contributed by atoms with van der Waals surface area (Å²) in [4.78, 5) is 28.0. The zero-order valence-corrected chi connectivity index (χ0v) is 25.0. The molecule has 4 heterocycles. The fraction of sp³-hybridized carbons (Fsp3) is 0.394. The molecule has 10 nitrogen and oxygen atoms in total. The van der Waals surface area contributed by atoms with Crippen molar-refractivity contribution in [2.24, 2.45) is 7.05 Å². The molecule has 11 heteroatoms. The summed E-state index contributed by atoms with van der Waals surface area (Å²) in [6.45, 7) is 5.56. The molecule has 1 amide bonds. The highest BCUT2D eigenvalue weighted by Crippen LogP contribution is 2.34. The maximum absolute atomic E-state index is 14.1. The van der Waals surface area contributed by atoms with Crippen LogP contribution >= 0.6 is 0 Å². The highest BCUT2D eigenvalue weighted by Gasteiger charge is 2.33. The van der Waals surface area contributed by atoms with Crippen molar-refractivity contribution in [2.75, 3.05) is 44.7 Å². The highest BCUT2D eigenvalue weighted by molar-refractivity contribution is 5.92. The summed E-state index contributed by atoms with van der Waals surface area (Å²) in [5.41, 5.74) is 3.41. The molecule has 0 bridgehead atoms. The molecule has 2 aromatic carbocycles. The molecule has 44 heavy (non-hydrogen) atoms. The number of aromatic nitrogens is 3. The Kier molecular flexibility index (Phi) is 8.10. The van der Waals surface area contributed by atoms with Crippen LogP contribution in [-0.2, 0) is 18.3 Å². The summed E-state index contributed by atoms with van der Waals surface area (Å²) < 4.78 is 22.2. The minimum atomic E-state index is -0.892. The molecule has 0 unspecified atom stereocenters. The van der Waals surface area contributed by atoms with Gasteiger partial charge in [-0.3, -0.25) is 9.69 Å². The fourth-order valence-electron chi connectivity index (χ4n) is 6.58. The maximum atomic E-state index is 14.1. The number of amides is 1. The number of anilines is 1. The quantitative estimate of drug-likeness (QED) is 0.304. The number of aromatic hydroxyl groups is 1. The van der Waals surface area contributed by atoms with E-state index < -0.39 is 6.17 Å². The minimum absolute atomic E-state index is 0.0879. The van der Waals surface area contributed by atoms with Crippen LogP contribution in [0, 0.1) is 11.3 Å². The molecule has 2 saturated heterocycles. The predicted molar refractivity (Wildman–Crippen MR) is 166 cm³/mol. The van der Waals surface area contributed by atoms with Crippen molar-refractivity contribution in [3.63, 3.8) is 0 Å². The largest absolute Gasteiger partial charge is 0.508 e. The topological polar surface area (TPSA) is 111 Å². The molecular formula is C33H36FN7O3. The number of phenols is 1. The SMILES string of the molecule is C=CC(=O)N1CCN(c2nc(OC[C@@H]3C[C@@H](F)CN3C)nc3c(Cc4cc(O)cc5ccccc45)cn(C)c23)C[C@@H]1CC#N. The first-order valence-corrected chi connectivity index (χ1v) is 14.8. The van der Waals surface area contributed by atoms with Crippen molar-refractivity contribution >= 4 is 33.5 Å². The summed E-state index contributed by atoms with van der Waals surface area (Å²) in [7, 11) is 3.83. The molecule has 2 aliphatic heterocycles. The van der Waals surface area contributed by atoms with Crippen molar-refractivity contribution in [1.82, 2.24) is 24.3 Å². The lowest BCUT2D eigenvalue weighted by molar-refractivity contribution is -0.128.